The minimum atomic E-state index is -5.14. The summed E-state index contributed by atoms with van der Waals surface area (Å²) >= 11 is 12.5. The molecule has 2 heterocycles. The van der Waals surface area contributed by atoms with Gasteiger partial charge in [-0.3, -0.25) is 4.79 Å². The Morgan fingerprint density at radius 2 is 1.90 bits per heavy atom. The highest BCUT2D eigenvalue weighted by Crippen LogP contribution is 2.44. The van der Waals surface area contributed by atoms with Gasteiger partial charge in [0, 0.05) is 15.6 Å². The van der Waals surface area contributed by atoms with E-state index in [2.05, 4.69) is 4.98 Å². The van der Waals surface area contributed by atoms with Crippen molar-refractivity contribution in [3.8, 4) is 11.3 Å². The summed E-state index contributed by atoms with van der Waals surface area (Å²) in [5.74, 6) is -2.06. The van der Waals surface area contributed by atoms with Crippen LogP contribution in [0.25, 0.3) is 11.3 Å². The number of nitrogens with zero attached hydrogens (tertiary/aromatic N) is 3. The number of hydrogen-bond donors (Lipinski definition) is 0. The Balaban J connectivity index is 2.06. The second kappa shape index (κ2) is 7.45. The molecular formula is C20H12Cl2F3N3O2. The van der Waals surface area contributed by atoms with Crippen molar-refractivity contribution in [3.05, 3.63) is 86.9 Å². The molecule has 1 amide bonds. The summed E-state index contributed by atoms with van der Waals surface area (Å²) in [4.78, 5) is 17.2. The molecule has 0 spiro atoms. The van der Waals surface area contributed by atoms with Gasteiger partial charge in [0.1, 0.15) is 6.20 Å². The highest BCUT2D eigenvalue weighted by molar-refractivity contribution is 6.31. The Morgan fingerprint density at radius 1 is 1.17 bits per heavy atom. The van der Waals surface area contributed by atoms with E-state index in [1.807, 2.05) is 0 Å². The first-order valence-electron chi connectivity index (χ1n) is 8.66. The largest absolute Gasteiger partial charge is 0.711 e. The molecule has 1 unspecified atom stereocenters. The van der Waals surface area contributed by atoms with Gasteiger partial charge in [-0.2, -0.15) is 13.2 Å². The monoisotopic (exact) mass is 453 g/mol. The first kappa shape index (κ1) is 20.4. The van der Waals surface area contributed by atoms with Gasteiger partial charge in [-0.25, -0.2) is 4.73 Å². The van der Waals surface area contributed by atoms with Gasteiger partial charge >= 0.3 is 12.1 Å². The first-order chi connectivity index (χ1) is 14.2. The summed E-state index contributed by atoms with van der Waals surface area (Å²) in [5, 5.41) is 12.2. The molecule has 0 saturated heterocycles. The summed E-state index contributed by atoms with van der Waals surface area (Å²) in [5.41, 5.74) is 1.54. The zero-order chi connectivity index (χ0) is 21.6. The fourth-order valence-electron chi connectivity index (χ4n) is 3.61. The number of fused-ring (bicyclic) bond motifs is 3. The van der Waals surface area contributed by atoms with Crippen LogP contribution in [0.15, 0.2) is 55.0 Å². The van der Waals surface area contributed by atoms with Crippen molar-refractivity contribution >= 4 is 29.1 Å². The lowest BCUT2D eigenvalue weighted by Gasteiger charge is -2.32. The molecule has 10 heteroatoms. The van der Waals surface area contributed by atoms with Crippen LogP contribution in [0.4, 0.5) is 13.2 Å². The third kappa shape index (κ3) is 3.57. The molecule has 2 aromatic carbocycles. The maximum Gasteiger partial charge on any atom is 0.471 e. The maximum absolute atomic E-state index is 13.5. The Morgan fingerprint density at radius 3 is 2.60 bits per heavy atom. The van der Waals surface area contributed by atoms with Crippen LogP contribution in [0.1, 0.15) is 22.7 Å². The number of carbonyl (C=O) groups is 1. The molecule has 30 heavy (non-hydrogen) atoms. The van der Waals surface area contributed by atoms with Crippen molar-refractivity contribution in [2.75, 3.05) is 0 Å². The zero-order valence-corrected chi connectivity index (χ0v) is 16.5. The van der Waals surface area contributed by atoms with Gasteiger partial charge in [0.2, 0.25) is 0 Å². The highest BCUT2D eigenvalue weighted by Gasteiger charge is 2.47. The fourth-order valence-corrected chi connectivity index (χ4v) is 4.03. The van der Waals surface area contributed by atoms with Gasteiger partial charge in [0.05, 0.1) is 18.2 Å². The summed E-state index contributed by atoms with van der Waals surface area (Å²) in [6.07, 6.45) is -3.03. The molecule has 1 aliphatic rings. The standard InChI is InChI=1S/C20H12Cl2F3N3O2/c21-12-5-6-13-15(7-12)18(14-3-1-2-4-16(14)22)28(19(29)20(23,24)25)9-11-8-27(30)10-26-17(11)13/h1-8,10,18H,9H2. The van der Waals surface area contributed by atoms with Crippen LogP contribution in [0.5, 0.6) is 0 Å². The van der Waals surface area contributed by atoms with Crippen molar-refractivity contribution in [2.24, 2.45) is 0 Å². The van der Waals surface area contributed by atoms with Gasteiger partial charge in [-0.05, 0) is 40.4 Å². The van der Waals surface area contributed by atoms with Crippen LogP contribution in [-0.4, -0.2) is 22.0 Å². The molecule has 4 rings (SSSR count). The number of halogens is 5. The van der Waals surface area contributed by atoms with Gasteiger partial charge in [0.25, 0.3) is 6.33 Å². The minimum absolute atomic E-state index is 0.170. The van der Waals surface area contributed by atoms with Crippen molar-refractivity contribution < 1.29 is 22.7 Å². The Kier molecular flexibility index (Phi) is 5.07. The van der Waals surface area contributed by atoms with E-state index in [1.165, 1.54) is 12.1 Å². The van der Waals surface area contributed by atoms with Gasteiger partial charge < -0.3 is 10.1 Å². The van der Waals surface area contributed by atoms with Crippen molar-refractivity contribution in [1.29, 1.82) is 0 Å². The number of alkyl halides is 3. The predicted octanol–water partition coefficient (Wildman–Crippen LogP) is 4.68. The van der Waals surface area contributed by atoms with E-state index < -0.39 is 24.7 Å². The number of carbonyl (C=O) groups excluding carboxylic acids is 1. The molecule has 0 bridgehead atoms. The molecule has 5 nitrogen and oxygen atoms in total. The van der Waals surface area contributed by atoms with Gasteiger partial charge in [-0.15, -0.1) is 0 Å². The van der Waals surface area contributed by atoms with Gasteiger partial charge in [0.15, 0.2) is 5.69 Å². The highest BCUT2D eigenvalue weighted by atomic mass is 35.5. The minimum Gasteiger partial charge on any atom is -0.711 e. The number of benzene rings is 2. The third-order valence-corrected chi connectivity index (χ3v) is 5.39. The van der Waals surface area contributed by atoms with E-state index in [1.54, 1.807) is 30.3 Å². The number of hydrogen-bond acceptors (Lipinski definition) is 3. The summed E-state index contributed by atoms with van der Waals surface area (Å²) in [7, 11) is 0. The van der Waals surface area contributed by atoms with Crippen molar-refractivity contribution in [1.82, 2.24) is 9.88 Å². The van der Waals surface area contributed by atoms with Crippen LogP contribution in [-0.2, 0) is 11.3 Å². The molecule has 0 saturated carbocycles. The fraction of sp³-hybridized carbons (Fsp3) is 0.150. The number of aromatic nitrogens is 2. The lowest BCUT2D eigenvalue weighted by atomic mass is 9.92. The smallest absolute Gasteiger partial charge is 0.471 e. The van der Waals surface area contributed by atoms with E-state index in [0.717, 1.165) is 12.5 Å². The predicted molar refractivity (Wildman–Crippen MR) is 104 cm³/mol. The van der Waals surface area contributed by atoms with Crippen LogP contribution in [0.2, 0.25) is 10.0 Å². The lowest BCUT2D eigenvalue weighted by Crippen LogP contribution is -2.43. The van der Waals surface area contributed by atoms with E-state index in [4.69, 9.17) is 23.2 Å². The molecule has 0 fully saturated rings. The van der Waals surface area contributed by atoms with E-state index >= 15 is 0 Å². The Bertz CT molecular complexity index is 1150. The molecule has 0 aliphatic carbocycles. The van der Waals surface area contributed by atoms with Crippen molar-refractivity contribution in [2.45, 2.75) is 18.8 Å². The average molecular weight is 454 g/mol. The quantitative estimate of drug-likeness (QED) is 0.396. The van der Waals surface area contributed by atoms with Gasteiger partial charge in [-0.1, -0.05) is 41.4 Å². The zero-order valence-electron chi connectivity index (χ0n) is 15.0. The van der Waals surface area contributed by atoms with Crippen molar-refractivity contribution in [3.63, 3.8) is 0 Å². The third-order valence-electron chi connectivity index (χ3n) is 4.81. The Hall–Kier alpha value is -2.84. The maximum atomic E-state index is 13.5. The summed E-state index contributed by atoms with van der Waals surface area (Å²) < 4.78 is 41.0. The van der Waals surface area contributed by atoms with E-state index in [0.29, 0.717) is 32.0 Å². The van der Waals surface area contributed by atoms with Crippen LogP contribution in [0.3, 0.4) is 0 Å². The molecule has 1 aromatic heterocycles. The second-order valence-electron chi connectivity index (χ2n) is 6.69. The van der Waals surface area contributed by atoms with Crippen LogP contribution < -0.4 is 4.73 Å². The molecule has 1 aliphatic heterocycles. The number of rotatable bonds is 1. The lowest BCUT2D eigenvalue weighted by molar-refractivity contribution is -0.609. The molecular weight excluding hydrogens is 442 g/mol. The van der Waals surface area contributed by atoms with Crippen LogP contribution >= 0.6 is 23.2 Å². The molecule has 3 aromatic rings. The SMILES string of the molecule is O=C(N1Cc2c[n+]([O-])cnc2-c2ccc(Cl)cc2C1c1ccccc1Cl)C(F)(F)F. The molecule has 154 valence electrons. The average Bonchev–Trinajstić information content (AvgIpc) is 2.81. The summed E-state index contributed by atoms with van der Waals surface area (Å²) in [6.45, 7) is -0.494. The summed E-state index contributed by atoms with van der Waals surface area (Å²) in [6, 6.07) is 9.77. The molecule has 0 radical (unpaired) electrons. The van der Waals surface area contributed by atoms with E-state index in [-0.39, 0.29) is 15.6 Å². The Labute approximate surface area is 178 Å². The molecule has 1 atom stereocenters. The molecule has 0 N–H and O–H groups in total. The second-order valence-corrected chi connectivity index (χ2v) is 7.54. The first-order valence-corrected chi connectivity index (χ1v) is 9.42. The van der Waals surface area contributed by atoms with Crippen LogP contribution in [0, 0.1) is 5.21 Å². The normalized spacial score (nSPS) is 15.9. The van der Waals surface area contributed by atoms with E-state index in [9.17, 15) is 23.2 Å². The number of amides is 1. The topological polar surface area (TPSA) is 60.1 Å².